The van der Waals surface area contributed by atoms with E-state index in [9.17, 15) is 24.0 Å². The van der Waals surface area contributed by atoms with Crippen molar-refractivity contribution < 1.29 is 28.7 Å². The predicted octanol–water partition coefficient (Wildman–Crippen LogP) is 7.42. The molecule has 1 aliphatic rings. The molecule has 0 bridgehead atoms. The molecule has 2 amide bonds. The van der Waals surface area contributed by atoms with Crippen molar-refractivity contribution in [2.24, 2.45) is 22.7 Å². The van der Waals surface area contributed by atoms with Gasteiger partial charge in [-0.1, -0.05) is 123 Å². The highest BCUT2D eigenvalue weighted by atomic mass is 32.2. The number of hydrogen-bond donors (Lipinski definition) is 0. The summed E-state index contributed by atoms with van der Waals surface area (Å²) in [7, 11) is 0. The van der Waals surface area contributed by atoms with Crippen molar-refractivity contribution >= 4 is 51.5 Å². The molecule has 0 unspecified atom stereocenters. The fraction of sp³-hybridized carbons (Fsp3) is 0.656. The molecular formula is C32H47NO6S2. The summed E-state index contributed by atoms with van der Waals surface area (Å²) in [4.78, 5) is 69.0. The third-order valence-electron chi connectivity index (χ3n) is 6.42. The number of rotatable bonds is 11. The van der Waals surface area contributed by atoms with E-state index >= 15 is 0 Å². The van der Waals surface area contributed by atoms with E-state index in [1.807, 2.05) is 27.7 Å². The fourth-order valence-corrected chi connectivity index (χ4v) is 8.78. The number of imide groups is 1. The standard InChI is InChI=1S/C32H47NO6S2/c1-29(2,3)19-31(7,8)40-26(36)24(27(37)41-32(9,10)20-30(4,5)6)22(25(35)33-16-17-39-28(33)38)18-23(34)21-14-12-11-13-15-21/h11-15,22,24H,16-20H2,1-10H3/t22-/m0/s1. The van der Waals surface area contributed by atoms with Gasteiger partial charge >= 0.3 is 6.09 Å². The Morgan fingerprint density at radius 3 is 1.66 bits per heavy atom. The van der Waals surface area contributed by atoms with Crippen LogP contribution in [0.3, 0.4) is 0 Å². The number of ketones is 1. The van der Waals surface area contributed by atoms with Crippen molar-refractivity contribution in [3.05, 3.63) is 35.9 Å². The van der Waals surface area contributed by atoms with Crippen molar-refractivity contribution in [1.29, 1.82) is 0 Å². The Morgan fingerprint density at radius 1 is 0.805 bits per heavy atom. The molecule has 7 nitrogen and oxygen atoms in total. The Hall–Kier alpha value is -2.13. The van der Waals surface area contributed by atoms with Crippen LogP contribution in [0.2, 0.25) is 0 Å². The summed E-state index contributed by atoms with van der Waals surface area (Å²) in [6, 6.07) is 8.47. The number of carbonyl (C=O) groups excluding carboxylic acids is 5. The minimum atomic E-state index is -1.42. The maximum atomic E-state index is 14.1. The summed E-state index contributed by atoms with van der Waals surface area (Å²) in [6.07, 6.45) is 0.155. The molecule has 1 fully saturated rings. The van der Waals surface area contributed by atoms with Crippen LogP contribution in [0, 0.1) is 22.7 Å². The molecule has 2 rings (SSSR count). The Kier molecular flexibility index (Phi) is 11.5. The van der Waals surface area contributed by atoms with Gasteiger partial charge in [0, 0.05) is 21.5 Å². The maximum absolute atomic E-state index is 14.1. The zero-order valence-corrected chi connectivity index (χ0v) is 27.9. The minimum absolute atomic E-state index is 0.00805. The van der Waals surface area contributed by atoms with Gasteiger partial charge in [-0.3, -0.25) is 19.2 Å². The number of ether oxygens (including phenoxy) is 1. The molecular weight excluding hydrogens is 558 g/mol. The number of thioether (sulfide) groups is 2. The van der Waals surface area contributed by atoms with Crippen molar-refractivity contribution in [2.75, 3.05) is 13.2 Å². The quantitative estimate of drug-likeness (QED) is 0.190. The average Bonchev–Trinajstić information content (AvgIpc) is 3.20. The van der Waals surface area contributed by atoms with Crippen LogP contribution in [0.25, 0.3) is 0 Å². The molecule has 0 aromatic heterocycles. The van der Waals surface area contributed by atoms with E-state index < -0.39 is 43.6 Å². The number of Topliss-reactive ketones (excluding diaryl/α,β-unsaturated/α-hetero) is 1. The fourth-order valence-electron chi connectivity index (χ4n) is 5.81. The number of amides is 2. The molecule has 41 heavy (non-hydrogen) atoms. The Morgan fingerprint density at radius 2 is 1.27 bits per heavy atom. The topological polar surface area (TPSA) is 97.8 Å². The van der Waals surface area contributed by atoms with Crippen LogP contribution in [0.5, 0.6) is 0 Å². The molecule has 1 aliphatic heterocycles. The molecule has 0 radical (unpaired) electrons. The van der Waals surface area contributed by atoms with E-state index in [1.54, 1.807) is 30.3 Å². The molecule has 1 atom stereocenters. The van der Waals surface area contributed by atoms with Crippen LogP contribution < -0.4 is 0 Å². The first-order valence-corrected chi connectivity index (χ1v) is 15.8. The number of carbonyl (C=O) groups is 5. The molecule has 0 saturated carbocycles. The van der Waals surface area contributed by atoms with Crippen LogP contribution in [0.4, 0.5) is 4.79 Å². The number of hydrogen-bond acceptors (Lipinski definition) is 8. The summed E-state index contributed by atoms with van der Waals surface area (Å²) in [5, 5.41) is -0.926. The van der Waals surface area contributed by atoms with Crippen molar-refractivity contribution in [2.45, 2.75) is 98.0 Å². The second-order valence-corrected chi connectivity index (χ2v) is 17.9. The van der Waals surface area contributed by atoms with E-state index in [-0.39, 0.29) is 36.2 Å². The molecule has 0 N–H and O–H groups in total. The lowest BCUT2D eigenvalue weighted by Gasteiger charge is -2.35. The lowest BCUT2D eigenvalue weighted by atomic mass is 9.85. The molecule has 1 aromatic carbocycles. The first-order chi connectivity index (χ1) is 18.6. The van der Waals surface area contributed by atoms with E-state index in [1.165, 1.54) is 0 Å². The van der Waals surface area contributed by atoms with Crippen molar-refractivity contribution in [1.82, 2.24) is 4.90 Å². The van der Waals surface area contributed by atoms with E-state index in [2.05, 4.69) is 41.5 Å². The molecule has 0 spiro atoms. The summed E-state index contributed by atoms with van der Waals surface area (Å²) in [5.41, 5.74) is 0.198. The molecule has 1 saturated heterocycles. The summed E-state index contributed by atoms with van der Waals surface area (Å²) < 4.78 is 3.92. The first kappa shape index (κ1) is 35.1. The zero-order valence-electron chi connectivity index (χ0n) is 26.3. The minimum Gasteiger partial charge on any atom is -0.447 e. The lowest BCUT2D eigenvalue weighted by molar-refractivity contribution is -0.139. The van der Waals surface area contributed by atoms with E-state index in [4.69, 9.17) is 4.74 Å². The first-order valence-electron chi connectivity index (χ1n) is 14.1. The summed E-state index contributed by atoms with van der Waals surface area (Å²) in [5.74, 6) is -3.87. The molecule has 228 valence electrons. The highest BCUT2D eigenvalue weighted by molar-refractivity contribution is 8.16. The van der Waals surface area contributed by atoms with Gasteiger partial charge in [-0.15, -0.1) is 0 Å². The van der Waals surface area contributed by atoms with Gasteiger partial charge in [0.1, 0.15) is 12.5 Å². The monoisotopic (exact) mass is 605 g/mol. The second kappa shape index (κ2) is 13.4. The largest absolute Gasteiger partial charge is 0.447 e. The van der Waals surface area contributed by atoms with Gasteiger partial charge in [0.15, 0.2) is 5.78 Å². The Bertz CT molecular complexity index is 1090. The number of benzene rings is 1. The SMILES string of the molecule is CC(C)(C)CC(C)(C)SC(=O)C(C(=O)SC(C)(C)CC(C)(C)C)[C@H](CC(=O)c1ccccc1)C(=O)N1CCOC1=O. The van der Waals surface area contributed by atoms with Crippen LogP contribution >= 0.6 is 23.5 Å². The van der Waals surface area contributed by atoms with Crippen LogP contribution in [-0.4, -0.2) is 55.6 Å². The van der Waals surface area contributed by atoms with Gasteiger partial charge in [-0.2, -0.15) is 0 Å². The van der Waals surface area contributed by atoms with Crippen LogP contribution in [-0.2, 0) is 19.1 Å². The van der Waals surface area contributed by atoms with Crippen LogP contribution in [0.1, 0.15) is 98.9 Å². The third-order valence-corrected chi connectivity index (χ3v) is 8.73. The maximum Gasteiger partial charge on any atom is 0.416 e. The van der Waals surface area contributed by atoms with Crippen LogP contribution in [0.15, 0.2) is 30.3 Å². The molecule has 9 heteroatoms. The van der Waals surface area contributed by atoms with Crippen molar-refractivity contribution in [3.63, 3.8) is 0 Å². The average molecular weight is 606 g/mol. The van der Waals surface area contributed by atoms with Gasteiger partial charge < -0.3 is 4.74 Å². The van der Waals surface area contributed by atoms with Gasteiger partial charge in [0.2, 0.25) is 16.1 Å². The van der Waals surface area contributed by atoms with Gasteiger partial charge in [0.05, 0.1) is 12.5 Å². The molecule has 1 heterocycles. The Labute approximate surface area is 254 Å². The van der Waals surface area contributed by atoms with Gasteiger partial charge in [-0.05, 0) is 23.7 Å². The van der Waals surface area contributed by atoms with Gasteiger partial charge in [0.25, 0.3) is 0 Å². The molecule has 1 aromatic rings. The Balaban J connectivity index is 2.58. The highest BCUT2D eigenvalue weighted by Gasteiger charge is 2.47. The van der Waals surface area contributed by atoms with Crippen molar-refractivity contribution in [3.8, 4) is 0 Å². The van der Waals surface area contributed by atoms with E-state index in [0.717, 1.165) is 28.4 Å². The lowest BCUT2D eigenvalue weighted by Crippen LogP contribution is -2.45. The zero-order chi connectivity index (χ0) is 31.4. The highest BCUT2D eigenvalue weighted by Crippen LogP contribution is 2.44. The van der Waals surface area contributed by atoms with E-state index in [0.29, 0.717) is 18.4 Å². The normalized spacial score (nSPS) is 15.6. The van der Waals surface area contributed by atoms with Gasteiger partial charge in [-0.25, -0.2) is 9.69 Å². The number of nitrogens with zero attached hydrogens (tertiary/aromatic N) is 1. The summed E-state index contributed by atoms with van der Waals surface area (Å²) in [6.45, 7) is 20.3. The third kappa shape index (κ3) is 11.2. The molecule has 0 aliphatic carbocycles. The smallest absolute Gasteiger partial charge is 0.416 e. The second-order valence-electron chi connectivity index (χ2n) is 14.5. The summed E-state index contributed by atoms with van der Waals surface area (Å²) >= 11 is 2.09. The predicted molar refractivity (Wildman–Crippen MR) is 167 cm³/mol. The number of cyclic esters (lactones) is 1.